The summed E-state index contributed by atoms with van der Waals surface area (Å²) in [6, 6.07) is 0. The van der Waals surface area contributed by atoms with Crippen LogP contribution in [-0.2, 0) is 4.79 Å². The highest BCUT2D eigenvalue weighted by Gasteiger charge is 2.40. The number of amides is 1. The maximum Gasteiger partial charge on any atom is 0.237 e. The third-order valence-electron chi connectivity index (χ3n) is 3.51. The predicted octanol–water partition coefficient (Wildman–Crippen LogP) is 0.716. The van der Waals surface area contributed by atoms with Gasteiger partial charge in [0.25, 0.3) is 0 Å². The second-order valence-corrected chi connectivity index (χ2v) is 4.63. The van der Waals surface area contributed by atoms with E-state index in [1.165, 1.54) is 0 Å². The predicted molar refractivity (Wildman–Crippen MR) is 66.2 cm³/mol. The molecule has 16 heavy (non-hydrogen) atoms. The highest BCUT2D eigenvalue weighted by atomic mass is 16.1. The summed E-state index contributed by atoms with van der Waals surface area (Å²) in [5, 5.41) is 3.32. The fourth-order valence-corrected chi connectivity index (χ4v) is 2.76. The van der Waals surface area contributed by atoms with Gasteiger partial charge in [0, 0.05) is 26.2 Å². The molecule has 1 amide bonds. The van der Waals surface area contributed by atoms with Crippen LogP contribution in [0.15, 0.2) is 0 Å². The van der Waals surface area contributed by atoms with Gasteiger partial charge in [-0.3, -0.25) is 9.69 Å². The molecule has 0 saturated carbocycles. The minimum absolute atomic E-state index is 0.141. The lowest BCUT2D eigenvalue weighted by Gasteiger charge is -2.43. The molecule has 0 unspecified atom stereocenters. The summed E-state index contributed by atoms with van der Waals surface area (Å²) >= 11 is 0. The van der Waals surface area contributed by atoms with E-state index in [0.29, 0.717) is 0 Å². The summed E-state index contributed by atoms with van der Waals surface area (Å²) in [5.41, 5.74) is 5.28. The molecule has 0 aromatic heterocycles. The van der Waals surface area contributed by atoms with Crippen molar-refractivity contribution in [1.29, 1.82) is 0 Å². The topological polar surface area (TPSA) is 58.4 Å². The number of nitrogens with zero attached hydrogens (tertiary/aromatic N) is 1. The standard InChI is InChI=1S/C12H25N3O/c1-3-5-12(6-4-2,11(13)16)15-9-7-14-8-10-15/h14H,3-10H2,1-2H3,(H2,13,16). The van der Waals surface area contributed by atoms with Crippen LogP contribution in [0.4, 0.5) is 0 Å². The van der Waals surface area contributed by atoms with Crippen LogP contribution < -0.4 is 11.1 Å². The summed E-state index contributed by atoms with van der Waals surface area (Å²) in [7, 11) is 0. The maximum absolute atomic E-state index is 11.9. The summed E-state index contributed by atoms with van der Waals surface area (Å²) in [6.45, 7) is 8.03. The van der Waals surface area contributed by atoms with E-state index in [4.69, 9.17) is 5.73 Å². The molecule has 0 atom stereocenters. The van der Waals surface area contributed by atoms with Crippen molar-refractivity contribution >= 4 is 5.91 Å². The van der Waals surface area contributed by atoms with Crippen LogP contribution in [0.5, 0.6) is 0 Å². The molecule has 1 rings (SSSR count). The number of hydrogen-bond donors (Lipinski definition) is 2. The molecule has 0 aliphatic carbocycles. The number of piperazine rings is 1. The van der Waals surface area contributed by atoms with E-state index in [1.807, 2.05) is 0 Å². The van der Waals surface area contributed by atoms with E-state index in [2.05, 4.69) is 24.1 Å². The van der Waals surface area contributed by atoms with Gasteiger partial charge in [0.05, 0.1) is 0 Å². The van der Waals surface area contributed by atoms with Gasteiger partial charge in [-0.15, -0.1) is 0 Å². The Bertz CT molecular complexity index is 218. The van der Waals surface area contributed by atoms with E-state index in [0.717, 1.165) is 51.9 Å². The van der Waals surface area contributed by atoms with Gasteiger partial charge in [0.1, 0.15) is 5.54 Å². The maximum atomic E-state index is 11.9. The van der Waals surface area contributed by atoms with Gasteiger partial charge in [-0.05, 0) is 12.8 Å². The number of rotatable bonds is 6. The van der Waals surface area contributed by atoms with Crippen LogP contribution in [0, 0.1) is 0 Å². The number of nitrogens with one attached hydrogen (secondary N) is 1. The molecule has 4 heteroatoms. The molecule has 0 bridgehead atoms. The fourth-order valence-electron chi connectivity index (χ4n) is 2.76. The van der Waals surface area contributed by atoms with Crippen LogP contribution in [0.2, 0.25) is 0 Å². The van der Waals surface area contributed by atoms with Crippen molar-refractivity contribution in [3.8, 4) is 0 Å². The minimum atomic E-state index is -0.397. The largest absolute Gasteiger partial charge is 0.368 e. The zero-order chi connectivity index (χ0) is 12.0. The smallest absolute Gasteiger partial charge is 0.237 e. The average molecular weight is 227 g/mol. The fraction of sp³-hybridized carbons (Fsp3) is 0.917. The van der Waals surface area contributed by atoms with Gasteiger partial charge in [0.2, 0.25) is 5.91 Å². The monoisotopic (exact) mass is 227 g/mol. The highest BCUT2D eigenvalue weighted by molar-refractivity contribution is 5.84. The number of carbonyl (C=O) groups excluding carboxylic acids is 1. The first kappa shape index (κ1) is 13.5. The molecule has 0 aromatic rings. The van der Waals surface area contributed by atoms with E-state index < -0.39 is 5.54 Å². The Kier molecular flexibility index (Phi) is 5.22. The first-order valence-corrected chi connectivity index (χ1v) is 6.43. The Morgan fingerprint density at radius 1 is 1.25 bits per heavy atom. The van der Waals surface area contributed by atoms with Crippen molar-refractivity contribution in [3.05, 3.63) is 0 Å². The Labute approximate surface area is 98.6 Å². The van der Waals surface area contributed by atoms with Gasteiger partial charge in [-0.25, -0.2) is 0 Å². The Morgan fingerprint density at radius 3 is 2.12 bits per heavy atom. The summed E-state index contributed by atoms with van der Waals surface area (Å²) < 4.78 is 0. The molecule has 4 nitrogen and oxygen atoms in total. The van der Waals surface area contributed by atoms with Gasteiger partial charge in [-0.2, -0.15) is 0 Å². The summed E-state index contributed by atoms with van der Waals surface area (Å²) in [6.07, 6.45) is 3.78. The van der Waals surface area contributed by atoms with Crippen molar-refractivity contribution in [2.45, 2.75) is 45.1 Å². The number of nitrogens with two attached hydrogens (primary N) is 1. The van der Waals surface area contributed by atoms with Crippen molar-refractivity contribution < 1.29 is 4.79 Å². The molecule has 0 spiro atoms. The number of hydrogen-bond acceptors (Lipinski definition) is 3. The van der Waals surface area contributed by atoms with Crippen LogP contribution in [0.3, 0.4) is 0 Å². The van der Waals surface area contributed by atoms with Gasteiger partial charge in [-0.1, -0.05) is 26.7 Å². The molecule has 1 fully saturated rings. The molecule has 1 saturated heterocycles. The molecule has 3 N–H and O–H groups in total. The molecule has 1 aliphatic rings. The molecular formula is C12H25N3O. The molecular weight excluding hydrogens is 202 g/mol. The van der Waals surface area contributed by atoms with Crippen LogP contribution in [0.1, 0.15) is 39.5 Å². The Morgan fingerprint density at radius 2 is 1.75 bits per heavy atom. The minimum Gasteiger partial charge on any atom is -0.368 e. The third kappa shape index (κ3) is 2.74. The van der Waals surface area contributed by atoms with E-state index in [1.54, 1.807) is 0 Å². The van der Waals surface area contributed by atoms with Crippen molar-refractivity contribution in [2.24, 2.45) is 5.73 Å². The lowest BCUT2D eigenvalue weighted by molar-refractivity contribution is -0.132. The first-order valence-electron chi connectivity index (χ1n) is 6.43. The lowest BCUT2D eigenvalue weighted by Crippen LogP contribution is -2.62. The average Bonchev–Trinajstić information content (AvgIpc) is 2.29. The normalized spacial score (nSPS) is 18.6. The third-order valence-corrected chi connectivity index (χ3v) is 3.51. The Hall–Kier alpha value is -0.610. The van der Waals surface area contributed by atoms with Crippen molar-refractivity contribution in [3.63, 3.8) is 0 Å². The molecule has 94 valence electrons. The molecule has 0 radical (unpaired) electrons. The van der Waals surface area contributed by atoms with E-state index >= 15 is 0 Å². The number of carbonyl (C=O) groups is 1. The van der Waals surface area contributed by atoms with E-state index in [-0.39, 0.29) is 5.91 Å². The molecule has 1 aliphatic heterocycles. The van der Waals surface area contributed by atoms with Crippen molar-refractivity contribution in [2.75, 3.05) is 26.2 Å². The Balaban J connectivity index is 2.84. The van der Waals surface area contributed by atoms with Gasteiger partial charge < -0.3 is 11.1 Å². The SMILES string of the molecule is CCCC(CCC)(C(N)=O)N1CCNCC1. The molecule has 0 aromatic carbocycles. The first-order chi connectivity index (χ1) is 7.67. The quantitative estimate of drug-likeness (QED) is 0.703. The zero-order valence-electron chi connectivity index (χ0n) is 10.6. The number of primary amides is 1. The van der Waals surface area contributed by atoms with Gasteiger partial charge >= 0.3 is 0 Å². The zero-order valence-corrected chi connectivity index (χ0v) is 10.6. The van der Waals surface area contributed by atoms with Crippen LogP contribution >= 0.6 is 0 Å². The lowest BCUT2D eigenvalue weighted by atomic mass is 9.85. The highest BCUT2D eigenvalue weighted by Crippen LogP contribution is 2.27. The summed E-state index contributed by atoms with van der Waals surface area (Å²) in [5.74, 6) is -0.141. The van der Waals surface area contributed by atoms with E-state index in [9.17, 15) is 4.79 Å². The van der Waals surface area contributed by atoms with Crippen LogP contribution in [-0.4, -0.2) is 42.5 Å². The van der Waals surface area contributed by atoms with Crippen molar-refractivity contribution in [1.82, 2.24) is 10.2 Å². The second kappa shape index (κ2) is 6.21. The van der Waals surface area contributed by atoms with Crippen LogP contribution in [0.25, 0.3) is 0 Å². The van der Waals surface area contributed by atoms with Gasteiger partial charge in [0.15, 0.2) is 0 Å². The second-order valence-electron chi connectivity index (χ2n) is 4.63. The summed E-state index contributed by atoms with van der Waals surface area (Å²) in [4.78, 5) is 14.2. The molecule has 1 heterocycles.